The Hall–Kier alpha value is -1.63. The van der Waals surface area contributed by atoms with Crippen molar-refractivity contribution < 1.29 is 14.8 Å². The van der Waals surface area contributed by atoms with Crippen molar-refractivity contribution in [2.75, 3.05) is 0 Å². The molecule has 0 radical (unpaired) electrons. The number of amides is 1. The highest BCUT2D eigenvalue weighted by Gasteiger charge is 2.24. The zero-order valence-corrected chi connectivity index (χ0v) is 11.7. The van der Waals surface area contributed by atoms with E-state index in [1.165, 1.54) is 6.07 Å². The van der Waals surface area contributed by atoms with Crippen molar-refractivity contribution in [1.29, 1.82) is 0 Å². The van der Waals surface area contributed by atoms with E-state index in [4.69, 9.17) is 0 Å². The number of aromatic hydroxyl groups is 1. The maximum atomic E-state index is 11.9. The third-order valence-corrected chi connectivity index (χ3v) is 2.44. The van der Waals surface area contributed by atoms with Crippen molar-refractivity contribution in [3.8, 4) is 5.75 Å². The number of hydrogen-bond acceptors (Lipinski definition) is 4. The number of benzene rings is 1. The monoisotopic (exact) mass is 316 g/mol. The molecule has 0 aliphatic carbocycles. The van der Waals surface area contributed by atoms with Crippen LogP contribution in [0.15, 0.2) is 16.6 Å². The summed E-state index contributed by atoms with van der Waals surface area (Å²) in [6.07, 6.45) is 0. The molecule has 0 spiro atoms. The van der Waals surface area contributed by atoms with Crippen LogP contribution in [0.3, 0.4) is 0 Å². The lowest BCUT2D eigenvalue weighted by Gasteiger charge is -2.20. The lowest BCUT2D eigenvalue weighted by Crippen LogP contribution is -2.40. The molecule has 1 rings (SSSR count). The molecule has 0 saturated carbocycles. The molecule has 0 atom stereocenters. The van der Waals surface area contributed by atoms with Crippen LogP contribution in [-0.2, 0) is 0 Å². The first-order valence-corrected chi connectivity index (χ1v) is 5.90. The molecule has 0 aliphatic rings. The van der Waals surface area contributed by atoms with Crippen molar-refractivity contribution in [3.63, 3.8) is 0 Å². The Morgan fingerprint density at radius 3 is 2.44 bits per heavy atom. The Bertz CT molecular complexity index is 509. The molecule has 0 bridgehead atoms. The fourth-order valence-electron chi connectivity index (χ4n) is 1.31. The summed E-state index contributed by atoms with van der Waals surface area (Å²) < 4.78 is 0.353. The molecule has 18 heavy (non-hydrogen) atoms. The number of nitrogens with zero attached hydrogens (tertiary/aromatic N) is 1. The fraction of sp³-hybridized carbons (Fsp3) is 0.364. The minimum absolute atomic E-state index is 0.133. The van der Waals surface area contributed by atoms with Gasteiger partial charge in [0.2, 0.25) is 5.75 Å². The van der Waals surface area contributed by atoms with E-state index in [0.717, 1.165) is 6.07 Å². The van der Waals surface area contributed by atoms with Gasteiger partial charge >= 0.3 is 5.69 Å². The summed E-state index contributed by atoms with van der Waals surface area (Å²) in [5.74, 6) is -1.20. The number of carbonyl (C=O) groups excluding carboxylic acids is 1. The summed E-state index contributed by atoms with van der Waals surface area (Å²) in [4.78, 5) is 21.9. The van der Waals surface area contributed by atoms with E-state index in [2.05, 4.69) is 21.2 Å². The van der Waals surface area contributed by atoms with Gasteiger partial charge in [-0.1, -0.05) is 15.9 Å². The van der Waals surface area contributed by atoms with E-state index >= 15 is 0 Å². The Morgan fingerprint density at radius 1 is 1.44 bits per heavy atom. The zero-order valence-electron chi connectivity index (χ0n) is 10.2. The number of nitro benzene ring substituents is 1. The molecule has 0 unspecified atom stereocenters. The van der Waals surface area contributed by atoms with Crippen LogP contribution < -0.4 is 5.32 Å². The predicted molar refractivity (Wildman–Crippen MR) is 69.7 cm³/mol. The van der Waals surface area contributed by atoms with Crippen LogP contribution in [0.5, 0.6) is 5.75 Å². The molecule has 0 fully saturated rings. The van der Waals surface area contributed by atoms with Gasteiger partial charge in [0.1, 0.15) is 0 Å². The van der Waals surface area contributed by atoms with E-state index in [-0.39, 0.29) is 5.56 Å². The number of rotatable bonds is 2. The van der Waals surface area contributed by atoms with Crippen molar-refractivity contribution in [2.45, 2.75) is 26.3 Å². The van der Waals surface area contributed by atoms with Crippen LogP contribution in [0.25, 0.3) is 0 Å². The van der Waals surface area contributed by atoms with Crippen LogP contribution in [0.1, 0.15) is 31.1 Å². The van der Waals surface area contributed by atoms with Crippen molar-refractivity contribution in [3.05, 3.63) is 32.3 Å². The molecule has 1 amide bonds. The average Bonchev–Trinajstić information content (AvgIpc) is 2.17. The van der Waals surface area contributed by atoms with Crippen molar-refractivity contribution in [2.24, 2.45) is 0 Å². The molecular formula is C11H13BrN2O4. The largest absolute Gasteiger partial charge is 0.502 e. The third-order valence-electron chi connectivity index (χ3n) is 1.98. The van der Waals surface area contributed by atoms with E-state index in [9.17, 15) is 20.0 Å². The number of nitro groups is 1. The summed E-state index contributed by atoms with van der Waals surface area (Å²) in [6, 6.07) is 2.48. The Labute approximate surface area is 112 Å². The highest BCUT2D eigenvalue weighted by Crippen LogP contribution is 2.33. The number of nitrogens with one attached hydrogen (secondary N) is 1. The summed E-state index contributed by atoms with van der Waals surface area (Å²) in [6.45, 7) is 5.32. The summed E-state index contributed by atoms with van der Waals surface area (Å²) in [7, 11) is 0. The second kappa shape index (κ2) is 4.93. The minimum atomic E-state index is -0.742. The van der Waals surface area contributed by atoms with Gasteiger partial charge in [0.05, 0.1) is 10.5 Å². The average molecular weight is 317 g/mol. The molecule has 98 valence electrons. The van der Waals surface area contributed by atoms with Gasteiger partial charge in [0, 0.05) is 16.1 Å². The molecule has 0 saturated heterocycles. The maximum absolute atomic E-state index is 11.9. The summed E-state index contributed by atoms with van der Waals surface area (Å²) in [5, 5.41) is 23.1. The first-order chi connectivity index (χ1) is 8.11. The van der Waals surface area contributed by atoms with Crippen LogP contribution in [0.4, 0.5) is 5.69 Å². The fourth-order valence-corrected chi connectivity index (χ4v) is 1.75. The predicted octanol–water partition coefficient (Wildman–Crippen LogP) is 2.59. The zero-order chi connectivity index (χ0) is 14.1. The van der Waals surface area contributed by atoms with Gasteiger partial charge in [-0.25, -0.2) is 0 Å². The number of hydrogen-bond donors (Lipinski definition) is 2. The lowest BCUT2D eigenvalue weighted by atomic mass is 10.1. The molecule has 1 aromatic rings. The minimum Gasteiger partial charge on any atom is -0.502 e. The van der Waals surface area contributed by atoms with E-state index in [1.807, 2.05) is 0 Å². The van der Waals surface area contributed by atoms with Gasteiger partial charge in [0.15, 0.2) is 0 Å². The third kappa shape index (κ3) is 3.43. The van der Waals surface area contributed by atoms with Gasteiger partial charge in [-0.15, -0.1) is 0 Å². The molecule has 0 heterocycles. The molecule has 1 aromatic carbocycles. The van der Waals surface area contributed by atoms with Crippen molar-refractivity contribution in [1.82, 2.24) is 5.32 Å². The lowest BCUT2D eigenvalue weighted by molar-refractivity contribution is -0.386. The van der Waals surface area contributed by atoms with E-state index in [0.29, 0.717) is 4.47 Å². The maximum Gasteiger partial charge on any atom is 0.312 e. The highest BCUT2D eigenvalue weighted by atomic mass is 79.9. The number of phenols is 1. The first-order valence-electron chi connectivity index (χ1n) is 5.11. The quantitative estimate of drug-likeness (QED) is 0.648. The standard InChI is InChI=1S/C11H13BrN2O4/c1-11(2,3)13-10(16)7-4-6(12)5-8(9(7)15)14(17)18/h4-5,15H,1-3H3,(H,13,16). The highest BCUT2D eigenvalue weighted by molar-refractivity contribution is 9.10. The van der Waals surface area contributed by atoms with Crippen molar-refractivity contribution >= 4 is 27.5 Å². The molecule has 6 nitrogen and oxygen atoms in total. The van der Waals surface area contributed by atoms with Gasteiger partial charge in [0.25, 0.3) is 5.91 Å². The van der Waals surface area contributed by atoms with Crippen LogP contribution in [0.2, 0.25) is 0 Å². The van der Waals surface area contributed by atoms with Gasteiger partial charge in [-0.05, 0) is 26.8 Å². The Kier molecular flexibility index (Phi) is 3.95. The normalized spacial score (nSPS) is 11.1. The van der Waals surface area contributed by atoms with E-state index in [1.54, 1.807) is 20.8 Å². The Balaban J connectivity index is 3.25. The van der Waals surface area contributed by atoms with Crippen LogP contribution >= 0.6 is 15.9 Å². The molecule has 2 N–H and O–H groups in total. The van der Waals surface area contributed by atoms with Gasteiger partial charge in [-0.2, -0.15) is 0 Å². The molecular weight excluding hydrogens is 304 g/mol. The topological polar surface area (TPSA) is 92.5 Å². The number of carbonyl (C=O) groups is 1. The summed E-state index contributed by atoms with van der Waals surface area (Å²) in [5.41, 5.74) is -1.14. The second-order valence-corrected chi connectivity index (χ2v) is 5.70. The summed E-state index contributed by atoms with van der Waals surface area (Å²) >= 11 is 3.07. The van der Waals surface area contributed by atoms with Gasteiger partial charge in [-0.3, -0.25) is 14.9 Å². The number of phenolic OH excluding ortho intramolecular Hbond substituents is 1. The second-order valence-electron chi connectivity index (χ2n) is 4.78. The molecule has 0 aliphatic heterocycles. The van der Waals surface area contributed by atoms with Crippen LogP contribution in [-0.4, -0.2) is 21.5 Å². The van der Waals surface area contributed by atoms with E-state index < -0.39 is 27.8 Å². The number of halogens is 1. The SMILES string of the molecule is CC(C)(C)NC(=O)c1cc(Br)cc([N+](=O)[O-])c1O. The van der Waals surface area contributed by atoms with Crippen LogP contribution in [0, 0.1) is 10.1 Å². The molecule has 0 aromatic heterocycles. The Morgan fingerprint density at radius 2 is 2.00 bits per heavy atom. The first kappa shape index (κ1) is 14.4. The van der Waals surface area contributed by atoms with Gasteiger partial charge < -0.3 is 10.4 Å². The smallest absolute Gasteiger partial charge is 0.312 e. The molecule has 7 heteroatoms.